The van der Waals surface area contributed by atoms with Crippen LogP contribution in [0, 0.1) is 5.41 Å². The van der Waals surface area contributed by atoms with Gasteiger partial charge in [0.2, 0.25) is 0 Å². The van der Waals surface area contributed by atoms with Gasteiger partial charge >= 0.3 is 5.97 Å². The minimum absolute atomic E-state index is 0.104. The van der Waals surface area contributed by atoms with Crippen molar-refractivity contribution in [3.63, 3.8) is 0 Å². The average molecular weight is 228 g/mol. The van der Waals surface area contributed by atoms with Crippen LogP contribution in [0.4, 0.5) is 0 Å². The molecule has 4 nitrogen and oxygen atoms in total. The highest BCUT2D eigenvalue weighted by molar-refractivity contribution is 5.81. The molecule has 0 radical (unpaired) electrons. The van der Waals surface area contributed by atoms with E-state index in [1.165, 1.54) is 6.08 Å². The summed E-state index contributed by atoms with van der Waals surface area (Å²) in [4.78, 5) is 13.1. The van der Waals surface area contributed by atoms with E-state index in [-0.39, 0.29) is 11.4 Å². The van der Waals surface area contributed by atoms with E-state index >= 15 is 0 Å². The van der Waals surface area contributed by atoms with Crippen LogP contribution < -0.4 is 5.73 Å². The van der Waals surface area contributed by atoms with Gasteiger partial charge in [-0.15, -0.1) is 0 Å². The maximum absolute atomic E-state index is 11.0. The van der Waals surface area contributed by atoms with Crippen LogP contribution in [0.1, 0.15) is 20.8 Å². The van der Waals surface area contributed by atoms with Crippen LogP contribution in [0.15, 0.2) is 12.2 Å². The highest BCUT2D eigenvalue weighted by atomic mass is 16.5. The second-order valence-electron chi connectivity index (χ2n) is 4.72. The molecule has 0 saturated carbocycles. The van der Waals surface area contributed by atoms with E-state index in [9.17, 15) is 4.79 Å². The molecule has 0 aromatic carbocycles. The van der Waals surface area contributed by atoms with Crippen molar-refractivity contribution in [3.05, 3.63) is 12.2 Å². The number of rotatable bonds is 7. The van der Waals surface area contributed by atoms with Gasteiger partial charge in [-0.2, -0.15) is 0 Å². The number of hydrogen-bond donors (Lipinski definition) is 1. The summed E-state index contributed by atoms with van der Waals surface area (Å²) in [7, 11) is 2.01. The van der Waals surface area contributed by atoms with Crippen molar-refractivity contribution < 1.29 is 9.53 Å². The lowest BCUT2D eigenvalue weighted by Crippen LogP contribution is -2.36. The molecule has 0 rings (SSSR count). The van der Waals surface area contributed by atoms with E-state index in [0.717, 1.165) is 13.1 Å². The van der Waals surface area contributed by atoms with Gasteiger partial charge in [0.05, 0.1) is 6.61 Å². The number of ether oxygens (including phenoxy) is 1. The molecule has 2 N–H and O–H groups in total. The molecule has 0 amide bonds. The van der Waals surface area contributed by atoms with E-state index in [2.05, 4.69) is 18.7 Å². The third kappa shape index (κ3) is 7.43. The molecule has 0 aliphatic rings. The van der Waals surface area contributed by atoms with Gasteiger partial charge < -0.3 is 15.4 Å². The van der Waals surface area contributed by atoms with E-state index in [1.54, 1.807) is 6.92 Å². The Morgan fingerprint density at radius 1 is 1.50 bits per heavy atom. The minimum atomic E-state index is -0.283. The number of nitrogens with two attached hydrogens (primary N) is 1. The Balaban J connectivity index is 3.89. The van der Waals surface area contributed by atoms with Gasteiger partial charge in [0.15, 0.2) is 0 Å². The van der Waals surface area contributed by atoms with Crippen LogP contribution in [0.5, 0.6) is 0 Å². The predicted molar refractivity (Wildman–Crippen MR) is 66.1 cm³/mol. The first-order chi connectivity index (χ1) is 7.41. The van der Waals surface area contributed by atoms with Crippen LogP contribution in [-0.2, 0) is 9.53 Å². The fourth-order valence-electron chi connectivity index (χ4n) is 1.38. The summed E-state index contributed by atoms with van der Waals surface area (Å²) in [5, 5.41) is 0. The molecule has 0 heterocycles. The molecular formula is C12H24N2O2. The van der Waals surface area contributed by atoms with E-state index < -0.39 is 0 Å². The monoisotopic (exact) mass is 228 g/mol. The number of esters is 1. The van der Waals surface area contributed by atoms with Crippen molar-refractivity contribution in [2.45, 2.75) is 20.8 Å². The van der Waals surface area contributed by atoms with Gasteiger partial charge in [-0.1, -0.05) is 19.9 Å². The fraction of sp³-hybridized carbons (Fsp3) is 0.750. The van der Waals surface area contributed by atoms with Crippen LogP contribution in [0.3, 0.4) is 0 Å². The number of hydrogen-bond acceptors (Lipinski definition) is 4. The Labute approximate surface area is 98.4 Å². The third-order valence-electron chi connectivity index (χ3n) is 2.21. The Hall–Kier alpha value is -0.870. The van der Waals surface area contributed by atoms with Gasteiger partial charge in [-0.05, 0) is 25.9 Å². The molecule has 4 heteroatoms. The SMILES string of the molecule is CCOC(=O)/C=C/CN(C)CC(C)(C)CN. The standard InChI is InChI=1S/C12H24N2O2/c1-5-16-11(15)7-6-8-14(4)10-12(2,3)9-13/h6-7H,5,8-10,13H2,1-4H3/b7-6+. The van der Waals surface area contributed by atoms with Crippen molar-refractivity contribution >= 4 is 5.97 Å². The predicted octanol–water partition coefficient (Wildman–Crippen LogP) is 1.02. The second kappa shape index (κ2) is 7.41. The molecule has 0 spiro atoms. The Kier molecular flexibility index (Phi) is 7.01. The molecule has 0 unspecified atom stereocenters. The summed E-state index contributed by atoms with van der Waals surface area (Å²) in [5.41, 5.74) is 5.76. The molecule has 0 aromatic heterocycles. The number of carbonyl (C=O) groups is 1. The highest BCUT2D eigenvalue weighted by Gasteiger charge is 2.17. The van der Waals surface area contributed by atoms with Gasteiger partial charge in [-0.25, -0.2) is 4.79 Å². The zero-order chi connectivity index (χ0) is 12.6. The first-order valence-corrected chi connectivity index (χ1v) is 5.63. The zero-order valence-corrected chi connectivity index (χ0v) is 10.8. The molecule has 0 aromatic rings. The van der Waals surface area contributed by atoms with Crippen LogP contribution in [0.25, 0.3) is 0 Å². The lowest BCUT2D eigenvalue weighted by atomic mass is 9.93. The van der Waals surface area contributed by atoms with Crippen molar-refractivity contribution in [1.82, 2.24) is 4.90 Å². The molecule has 94 valence electrons. The molecule has 0 aliphatic carbocycles. The highest BCUT2D eigenvalue weighted by Crippen LogP contribution is 2.13. The Morgan fingerprint density at radius 3 is 2.62 bits per heavy atom. The lowest BCUT2D eigenvalue weighted by Gasteiger charge is -2.28. The summed E-state index contributed by atoms with van der Waals surface area (Å²) in [5.74, 6) is -0.283. The number of likely N-dealkylation sites (N-methyl/N-ethyl adjacent to an activating group) is 1. The number of carbonyl (C=O) groups excluding carboxylic acids is 1. The zero-order valence-electron chi connectivity index (χ0n) is 10.8. The van der Waals surface area contributed by atoms with Crippen molar-refractivity contribution in [2.75, 3.05) is 33.3 Å². The van der Waals surface area contributed by atoms with E-state index in [1.807, 2.05) is 13.1 Å². The quantitative estimate of drug-likeness (QED) is 0.522. The van der Waals surface area contributed by atoms with Crippen molar-refractivity contribution in [2.24, 2.45) is 11.1 Å². The molecule has 0 atom stereocenters. The Morgan fingerprint density at radius 2 is 2.12 bits per heavy atom. The van der Waals surface area contributed by atoms with Crippen LogP contribution >= 0.6 is 0 Å². The fourth-order valence-corrected chi connectivity index (χ4v) is 1.38. The maximum Gasteiger partial charge on any atom is 0.330 e. The largest absolute Gasteiger partial charge is 0.463 e. The summed E-state index contributed by atoms with van der Waals surface area (Å²) < 4.78 is 4.78. The molecule has 0 fully saturated rings. The van der Waals surface area contributed by atoms with Gasteiger partial charge in [0.25, 0.3) is 0 Å². The van der Waals surface area contributed by atoms with E-state index in [0.29, 0.717) is 13.2 Å². The molecule has 0 aliphatic heterocycles. The maximum atomic E-state index is 11.0. The van der Waals surface area contributed by atoms with Gasteiger partial charge in [0, 0.05) is 19.2 Å². The minimum Gasteiger partial charge on any atom is -0.463 e. The normalized spacial score (nSPS) is 12.4. The van der Waals surface area contributed by atoms with Crippen LogP contribution in [-0.4, -0.2) is 44.2 Å². The number of nitrogens with zero attached hydrogens (tertiary/aromatic N) is 1. The summed E-state index contributed by atoms with van der Waals surface area (Å²) in [6.45, 7) is 8.73. The molecular weight excluding hydrogens is 204 g/mol. The van der Waals surface area contributed by atoms with Gasteiger partial charge in [0.1, 0.15) is 0 Å². The first kappa shape index (κ1) is 15.1. The second-order valence-corrected chi connectivity index (χ2v) is 4.72. The first-order valence-electron chi connectivity index (χ1n) is 5.63. The molecule has 16 heavy (non-hydrogen) atoms. The third-order valence-corrected chi connectivity index (χ3v) is 2.21. The lowest BCUT2D eigenvalue weighted by molar-refractivity contribution is -0.137. The van der Waals surface area contributed by atoms with Crippen molar-refractivity contribution in [1.29, 1.82) is 0 Å². The topological polar surface area (TPSA) is 55.6 Å². The summed E-state index contributed by atoms with van der Waals surface area (Å²) >= 11 is 0. The van der Waals surface area contributed by atoms with Crippen molar-refractivity contribution in [3.8, 4) is 0 Å². The van der Waals surface area contributed by atoms with E-state index in [4.69, 9.17) is 10.5 Å². The summed E-state index contributed by atoms with van der Waals surface area (Å²) in [6.07, 6.45) is 3.28. The smallest absolute Gasteiger partial charge is 0.330 e. The Bertz CT molecular complexity index is 237. The molecule has 0 saturated heterocycles. The molecule has 0 bridgehead atoms. The summed E-state index contributed by atoms with van der Waals surface area (Å²) in [6, 6.07) is 0. The van der Waals surface area contributed by atoms with Crippen LogP contribution in [0.2, 0.25) is 0 Å². The van der Waals surface area contributed by atoms with Gasteiger partial charge in [-0.3, -0.25) is 0 Å². The average Bonchev–Trinajstić information content (AvgIpc) is 2.17.